The van der Waals surface area contributed by atoms with E-state index in [1.807, 2.05) is 0 Å². The Morgan fingerprint density at radius 3 is 2.34 bits per heavy atom. The molecule has 9 heteroatoms. The van der Waals surface area contributed by atoms with Crippen LogP contribution in [0.1, 0.15) is 11.1 Å². The van der Waals surface area contributed by atoms with E-state index in [9.17, 15) is 17.6 Å². The van der Waals surface area contributed by atoms with Gasteiger partial charge in [-0.3, -0.25) is 4.79 Å². The molecule has 0 bridgehead atoms. The number of halogens is 2. The van der Waals surface area contributed by atoms with Gasteiger partial charge >= 0.3 is 0 Å². The first kappa shape index (κ1) is 23.7. The van der Waals surface area contributed by atoms with E-state index in [4.69, 9.17) is 16.3 Å². The third-order valence-corrected chi connectivity index (χ3v) is 7.05. The molecule has 0 aromatic heterocycles. The first-order valence-electron chi connectivity index (χ1n) is 9.64. The van der Waals surface area contributed by atoms with Crippen LogP contribution >= 0.6 is 11.6 Å². The topological polar surface area (TPSA) is 75.7 Å². The second-order valence-electron chi connectivity index (χ2n) is 7.04. The molecule has 0 atom stereocenters. The number of methoxy groups -OCH3 is 1. The third kappa shape index (κ3) is 5.64. The van der Waals surface area contributed by atoms with Crippen LogP contribution in [0.2, 0.25) is 5.02 Å². The SMILES string of the molecule is COc1ccc(CN(CC(=O)Nc2cccc(Cl)c2C)S(=O)(=O)c2ccc(F)cc2)cc1. The van der Waals surface area contributed by atoms with Crippen LogP contribution in [0.4, 0.5) is 10.1 Å². The number of sulfonamides is 1. The minimum atomic E-state index is -4.09. The summed E-state index contributed by atoms with van der Waals surface area (Å²) in [4.78, 5) is 12.7. The lowest BCUT2D eigenvalue weighted by Crippen LogP contribution is -2.37. The quantitative estimate of drug-likeness (QED) is 0.514. The van der Waals surface area contributed by atoms with Gasteiger partial charge < -0.3 is 10.1 Å². The molecule has 0 saturated carbocycles. The molecule has 6 nitrogen and oxygen atoms in total. The molecule has 3 aromatic rings. The summed E-state index contributed by atoms with van der Waals surface area (Å²) in [6.07, 6.45) is 0. The Bertz CT molecular complexity index is 1200. The van der Waals surface area contributed by atoms with Crippen LogP contribution in [0.25, 0.3) is 0 Å². The van der Waals surface area contributed by atoms with E-state index in [0.29, 0.717) is 27.6 Å². The number of hydrogen-bond donors (Lipinski definition) is 1. The predicted molar refractivity (Wildman–Crippen MR) is 122 cm³/mol. The summed E-state index contributed by atoms with van der Waals surface area (Å²) in [5, 5.41) is 3.19. The van der Waals surface area contributed by atoms with Crippen LogP contribution in [0, 0.1) is 12.7 Å². The molecule has 32 heavy (non-hydrogen) atoms. The number of nitrogens with one attached hydrogen (secondary N) is 1. The lowest BCUT2D eigenvalue weighted by molar-refractivity contribution is -0.116. The molecular weight excluding hydrogens is 455 g/mol. The molecule has 1 N–H and O–H groups in total. The second kappa shape index (κ2) is 10.1. The molecule has 0 spiro atoms. The zero-order chi connectivity index (χ0) is 23.3. The molecule has 3 aromatic carbocycles. The summed E-state index contributed by atoms with van der Waals surface area (Å²) in [5.41, 5.74) is 1.82. The number of ether oxygens (including phenoxy) is 1. The van der Waals surface area contributed by atoms with Gasteiger partial charge in [0.1, 0.15) is 11.6 Å². The van der Waals surface area contributed by atoms with Crippen LogP contribution in [0.5, 0.6) is 5.75 Å². The summed E-state index contributed by atoms with van der Waals surface area (Å²) in [5.74, 6) is -0.467. The van der Waals surface area contributed by atoms with Gasteiger partial charge in [0.05, 0.1) is 18.6 Å². The highest BCUT2D eigenvalue weighted by atomic mass is 35.5. The van der Waals surface area contributed by atoms with Gasteiger partial charge in [-0.05, 0) is 66.6 Å². The molecule has 0 aliphatic carbocycles. The Hall–Kier alpha value is -2.94. The monoisotopic (exact) mass is 476 g/mol. The highest BCUT2D eigenvalue weighted by Gasteiger charge is 2.27. The van der Waals surface area contributed by atoms with Crippen LogP contribution in [0.3, 0.4) is 0 Å². The van der Waals surface area contributed by atoms with Crippen molar-refractivity contribution in [2.24, 2.45) is 0 Å². The molecular formula is C23H22ClFN2O4S. The number of carbonyl (C=O) groups excluding carboxylic acids is 1. The van der Waals surface area contributed by atoms with E-state index in [1.165, 1.54) is 19.2 Å². The minimum Gasteiger partial charge on any atom is -0.497 e. The molecule has 1 amide bonds. The summed E-state index contributed by atoms with van der Waals surface area (Å²) >= 11 is 6.10. The van der Waals surface area contributed by atoms with Gasteiger partial charge in [-0.25, -0.2) is 12.8 Å². The average Bonchev–Trinajstić information content (AvgIpc) is 2.77. The van der Waals surface area contributed by atoms with Crippen molar-refractivity contribution in [3.63, 3.8) is 0 Å². The van der Waals surface area contributed by atoms with Crippen molar-refractivity contribution in [2.45, 2.75) is 18.4 Å². The first-order valence-corrected chi connectivity index (χ1v) is 11.5. The van der Waals surface area contributed by atoms with Crippen molar-refractivity contribution < 1.29 is 22.3 Å². The Labute approximate surface area is 191 Å². The fraction of sp³-hybridized carbons (Fsp3) is 0.174. The number of carbonyl (C=O) groups is 1. The van der Waals surface area contributed by atoms with Gasteiger partial charge in [0, 0.05) is 17.3 Å². The zero-order valence-electron chi connectivity index (χ0n) is 17.5. The molecule has 0 saturated heterocycles. The number of amides is 1. The van der Waals surface area contributed by atoms with E-state index < -0.39 is 28.3 Å². The lowest BCUT2D eigenvalue weighted by Gasteiger charge is -2.22. The van der Waals surface area contributed by atoms with E-state index in [-0.39, 0.29) is 11.4 Å². The number of hydrogen-bond acceptors (Lipinski definition) is 4. The van der Waals surface area contributed by atoms with Gasteiger partial charge in [-0.1, -0.05) is 29.8 Å². The van der Waals surface area contributed by atoms with Crippen molar-refractivity contribution in [3.8, 4) is 5.75 Å². The maximum Gasteiger partial charge on any atom is 0.243 e. The number of rotatable bonds is 8. The standard InChI is InChI=1S/C23H22ClFN2O4S/c1-16-21(24)4-3-5-22(16)26-23(28)15-27(14-17-6-10-19(31-2)11-7-17)32(29,30)20-12-8-18(25)9-13-20/h3-13H,14-15H2,1-2H3,(H,26,28). The molecule has 0 radical (unpaired) electrons. The van der Waals surface area contributed by atoms with Crippen LogP contribution in [-0.4, -0.2) is 32.3 Å². The van der Waals surface area contributed by atoms with Crippen LogP contribution in [0.15, 0.2) is 71.6 Å². The highest BCUT2D eigenvalue weighted by Crippen LogP contribution is 2.24. The maximum atomic E-state index is 13.3. The van der Waals surface area contributed by atoms with Gasteiger partial charge in [0.2, 0.25) is 15.9 Å². The fourth-order valence-electron chi connectivity index (χ4n) is 3.01. The fourth-order valence-corrected chi connectivity index (χ4v) is 4.57. The molecule has 0 aliphatic rings. The van der Waals surface area contributed by atoms with Gasteiger partial charge in [0.25, 0.3) is 0 Å². The molecule has 3 rings (SSSR count). The van der Waals surface area contributed by atoms with Crippen molar-refractivity contribution in [2.75, 3.05) is 19.0 Å². The Kier molecular flexibility index (Phi) is 7.50. The van der Waals surface area contributed by atoms with E-state index in [0.717, 1.165) is 16.4 Å². The summed E-state index contributed by atoms with van der Waals surface area (Å²) in [6, 6.07) is 16.4. The molecule has 0 heterocycles. The van der Waals surface area contributed by atoms with Crippen molar-refractivity contribution in [1.82, 2.24) is 4.31 Å². The molecule has 0 fully saturated rings. The van der Waals surface area contributed by atoms with E-state index in [2.05, 4.69) is 5.32 Å². The summed E-state index contributed by atoms with van der Waals surface area (Å²) in [6.45, 7) is 1.24. The largest absolute Gasteiger partial charge is 0.497 e. The van der Waals surface area contributed by atoms with E-state index >= 15 is 0 Å². The van der Waals surface area contributed by atoms with Crippen molar-refractivity contribution in [1.29, 1.82) is 0 Å². The molecule has 0 aliphatic heterocycles. The minimum absolute atomic E-state index is 0.0638. The molecule has 168 valence electrons. The smallest absolute Gasteiger partial charge is 0.243 e. The Balaban J connectivity index is 1.89. The van der Waals surface area contributed by atoms with Crippen molar-refractivity contribution in [3.05, 3.63) is 88.7 Å². The number of nitrogens with zero attached hydrogens (tertiary/aromatic N) is 1. The van der Waals surface area contributed by atoms with Crippen molar-refractivity contribution >= 4 is 33.2 Å². The number of anilines is 1. The predicted octanol–water partition coefficient (Wildman–Crippen LogP) is 4.63. The van der Waals surface area contributed by atoms with E-state index in [1.54, 1.807) is 49.4 Å². The average molecular weight is 477 g/mol. The normalized spacial score (nSPS) is 11.4. The maximum absolute atomic E-state index is 13.3. The summed E-state index contributed by atoms with van der Waals surface area (Å²) < 4.78 is 46.0. The van der Waals surface area contributed by atoms with Gasteiger partial charge in [0.15, 0.2) is 0 Å². The van der Waals surface area contributed by atoms with Gasteiger partial charge in [-0.2, -0.15) is 4.31 Å². The molecule has 0 unspecified atom stereocenters. The van der Waals surface area contributed by atoms with Crippen LogP contribution < -0.4 is 10.1 Å². The third-order valence-electron chi connectivity index (χ3n) is 4.83. The highest BCUT2D eigenvalue weighted by molar-refractivity contribution is 7.89. The van der Waals surface area contributed by atoms with Crippen LogP contribution in [-0.2, 0) is 21.4 Å². The second-order valence-corrected chi connectivity index (χ2v) is 9.38. The zero-order valence-corrected chi connectivity index (χ0v) is 19.1. The first-order chi connectivity index (χ1) is 15.2. The number of benzene rings is 3. The summed E-state index contributed by atoms with van der Waals surface area (Å²) in [7, 11) is -2.56. The Morgan fingerprint density at radius 1 is 1.06 bits per heavy atom. The van der Waals surface area contributed by atoms with Gasteiger partial charge in [-0.15, -0.1) is 0 Å². The Morgan fingerprint density at radius 2 is 1.72 bits per heavy atom. The lowest BCUT2D eigenvalue weighted by atomic mass is 10.2.